The predicted octanol–water partition coefficient (Wildman–Crippen LogP) is 7.88. The highest BCUT2D eigenvalue weighted by atomic mass is 16.1. The maximum atomic E-state index is 8.35. The Labute approximate surface area is 204 Å². The van der Waals surface area contributed by atoms with E-state index in [-0.39, 0.29) is 10.8 Å². The molecule has 0 saturated heterocycles. The molecule has 2 aliphatic carbocycles. The first-order chi connectivity index (χ1) is 16.7. The first-order valence-corrected chi connectivity index (χ1v) is 12.5. The van der Waals surface area contributed by atoms with Gasteiger partial charge in [0.2, 0.25) is 12.2 Å². The van der Waals surface area contributed by atoms with E-state index in [2.05, 4.69) is 73.3 Å². The van der Waals surface area contributed by atoms with Gasteiger partial charge in [-0.1, -0.05) is 105 Å². The van der Waals surface area contributed by atoms with E-state index in [9.17, 15) is 0 Å². The predicted molar refractivity (Wildman–Crippen MR) is 137 cm³/mol. The van der Waals surface area contributed by atoms with Crippen molar-refractivity contribution in [2.45, 2.75) is 76.0 Å². The van der Waals surface area contributed by atoms with Gasteiger partial charge in [0.15, 0.2) is 0 Å². The molecule has 2 N–H and O–H groups in total. The van der Waals surface area contributed by atoms with Crippen LogP contribution in [0, 0.1) is 22.2 Å². The molecular weight excluding hydrogens is 420 g/mol. The molecule has 4 heteroatoms. The van der Waals surface area contributed by atoms with Crippen LogP contribution in [0.2, 0.25) is 0 Å². The second-order valence-corrected chi connectivity index (χ2v) is 9.41. The van der Waals surface area contributed by atoms with E-state index in [0.717, 1.165) is 24.5 Å². The molecule has 0 amide bonds. The molecular formula is C30H38N2O2. The first-order valence-electron chi connectivity index (χ1n) is 12.5. The molecule has 2 saturated carbocycles. The summed E-state index contributed by atoms with van der Waals surface area (Å²) < 4.78 is 0. The van der Waals surface area contributed by atoms with Gasteiger partial charge in [0.05, 0.1) is 0 Å². The zero-order chi connectivity index (χ0) is 24.7. The third-order valence-corrected chi connectivity index (χ3v) is 7.86. The summed E-state index contributed by atoms with van der Waals surface area (Å²) in [5, 5.41) is 10.8. The summed E-state index contributed by atoms with van der Waals surface area (Å²) in [4.78, 5) is 16.7. The molecule has 0 bridgehead atoms. The van der Waals surface area contributed by atoms with Crippen molar-refractivity contribution in [1.82, 2.24) is 0 Å². The fourth-order valence-electron chi connectivity index (χ4n) is 6.89. The van der Waals surface area contributed by atoms with Gasteiger partial charge >= 0.3 is 0 Å². The van der Waals surface area contributed by atoms with E-state index in [0.29, 0.717) is 0 Å². The third kappa shape index (κ3) is 5.89. The fraction of sp³-hybridized carbons (Fsp3) is 0.467. The van der Waals surface area contributed by atoms with Crippen molar-refractivity contribution >= 4 is 12.2 Å². The van der Waals surface area contributed by atoms with Crippen molar-refractivity contribution in [3.8, 4) is 0 Å². The molecule has 0 unspecified atom stereocenters. The number of carbonyl (C=O) groups excluding carboxylic acids is 2. The smallest absolute Gasteiger partial charge is 0.222 e. The van der Waals surface area contributed by atoms with Crippen molar-refractivity contribution in [2.75, 3.05) is 0 Å². The van der Waals surface area contributed by atoms with E-state index in [1.54, 1.807) is 11.1 Å². The van der Waals surface area contributed by atoms with Crippen LogP contribution in [0.4, 0.5) is 0 Å². The number of benzene rings is 2. The van der Waals surface area contributed by atoms with Crippen LogP contribution in [0.25, 0.3) is 0 Å². The van der Waals surface area contributed by atoms with Crippen molar-refractivity contribution < 1.29 is 9.59 Å². The molecule has 34 heavy (non-hydrogen) atoms. The van der Waals surface area contributed by atoms with Gasteiger partial charge in [-0.05, 0) is 54.6 Å². The van der Waals surface area contributed by atoms with E-state index >= 15 is 0 Å². The maximum Gasteiger partial charge on any atom is 0.231 e. The summed E-state index contributed by atoms with van der Waals surface area (Å²) in [6, 6.07) is 23.1. The summed E-state index contributed by atoms with van der Waals surface area (Å²) in [5.41, 5.74) is 3.50. The fourth-order valence-corrected chi connectivity index (χ4v) is 6.89. The minimum absolute atomic E-state index is 0.102. The zero-order valence-electron chi connectivity index (χ0n) is 20.2. The lowest BCUT2D eigenvalue weighted by Crippen LogP contribution is -2.53. The molecule has 0 aliphatic heterocycles. The quantitative estimate of drug-likeness (QED) is 0.262. The van der Waals surface area contributed by atoms with Crippen LogP contribution < -0.4 is 0 Å². The Morgan fingerprint density at radius 2 is 1.21 bits per heavy atom. The molecule has 2 aromatic rings. The van der Waals surface area contributed by atoms with Gasteiger partial charge in [-0.3, -0.25) is 0 Å². The number of rotatable bonds is 6. The molecule has 2 aliphatic rings. The van der Waals surface area contributed by atoms with Crippen molar-refractivity contribution in [2.24, 2.45) is 11.3 Å². The van der Waals surface area contributed by atoms with E-state index < -0.39 is 0 Å². The summed E-state index contributed by atoms with van der Waals surface area (Å²) in [6.07, 6.45) is 18.6. The van der Waals surface area contributed by atoms with Crippen LogP contribution in [-0.4, -0.2) is 12.2 Å². The van der Waals surface area contributed by atoms with Crippen LogP contribution >= 0.6 is 0 Å². The Kier molecular flexibility index (Phi) is 11.4. The Hall–Kier alpha value is -3.06. The van der Waals surface area contributed by atoms with Gasteiger partial charge in [0.25, 0.3) is 0 Å². The highest BCUT2D eigenvalue weighted by Gasteiger charge is 2.56. The summed E-state index contributed by atoms with van der Waals surface area (Å²) in [5.74, 6) is 0.726. The van der Waals surface area contributed by atoms with Crippen molar-refractivity contribution in [1.29, 1.82) is 10.8 Å². The molecule has 180 valence electrons. The minimum Gasteiger partial charge on any atom is -0.222 e. The van der Waals surface area contributed by atoms with E-state index in [4.69, 9.17) is 20.4 Å². The van der Waals surface area contributed by atoms with Gasteiger partial charge in [-0.2, -0.15) is 0 Å². The lowest BCUT2D eigenvalue weighted by Gasteiger charge is -2.58. The van der Waals surface area contributed by atoms with Gasteiger partial charge in [0, 0.05) is 5.41 Å². The number of allylic oxidation sites excluding steroid dienone is 1. The van der Waals surface area contributed by atoms with Gasteiger partial charge < -0.3 is 0 Å². The Morgan fingerprint density at radius 1 is 0.794 bits per heavy atom. The summed E-state index contributed by atoms with van der Waals surface area (Å²) >= 11 is 0. The number of hydrogen-bond acceptors (Lipinski definition) is 4. The average molecular weight is 459 g/mol. The summed E-state index contributed by atoms with van der Waals surface area (Å²) in [7, 11) is 0. The SMILES string of the molecule is C=CCC1(C(c2ccccc2)(c2ccccc2)C2CCCCC2)CCCCC1.N=C=O.N=C=O. The lowest BCUT2D eigenvalue weighted by atomic mass is 9.45. The van der Waals surface area contributed by atoms with Crippen LogP contribution in [0.3, 0.4) is 0 Å². The largest absolute Gasteiger partial charge is 0.231 e. The molecule has 0 atom stereocenters. The van der Waals surface area contributed by atoms with Crippen molar-refractivity contribution in [3.63, 3.8) is 0 Å². The highest BCUT2D eigenvalue weighted by molar-refractivity contribution is 5.44. The Bertz CT molecular complexity index is 863. The molecule has 2 aromatic carbocycles. The van der Waals surface area contributed by atoms with Gasteiger partial charge in [0.1, 0.15) is 0 Å². The number of hydrogen-bond donors (Lipinski definition) is 2. The van der Waals surface area contributed by atoms with Crippen LogP contribution in [0.15, 0.2) is 73.3 Å². The Morgan fingerprint density at radius 3 is 1.62 bits per heavy atom. The maximum absolute atomic E-state index is 8.35. The van der Waals surface area contributed by atoms with Gasteiger partial charge in [-0.25, -0.2) is 20.4 Å². The first kappa shape index (κ1) is 27.2. The average Bonchev–Trinajstić information content (AvgIpc) is 2.88. The van der Waals surface area contributed by atoms with E-state index in [1.807, 2.05) is 0 Å². The third-order valence-electron chi connectivity index (χ3n) is 7.86. The van der Waals surface area contributed by atoms with E-state index in [1.165, 1.54) is 64.2 Å². The number of nitrogens with one attached hydrogen (secondary N) is 2. The molecule has 0 aromatic heterocycles. The van der Waals surface area contributed by atoms with Crippen LogP contribution in [0.5, 0.6) is 0 Å². The van der Waals surface area contributed by atoms with Crippen molar-refractivity contribution in [3.05, 3.63) is 84.4 Å². The number of isocyanates is 2. The normalized spacial score (nSPS) is 17.4. The van der Waals surface area contributed by atoms with Gasteiger partial charge in [-0.15, -0.1) is 6.58 Å². The molecule has 0 spiro atoms. The second kappa shape index (κ2) is 14.3. The molecule has 4 rings (SSSR count). The summed E-state index contributed by atoms with van der Waals surface area (Å²) in [6.45, 7) is 4.25. The highest BCUT2D eigenvalue weighted by Crippen LogP contribution is 2.62. The van der Waals surface area contributed by atoms with Crippen LogP contribution in [0.1, 0.15) is 81.8 Å². The molecule has 0 heterocycles. The molecule has 4 nitrogen and oxygen atoms in total. The zero-order valence-corrected chi connectivity index (χ0v) is 20.2. The minimum atomic E-state index is 0.102. The molecule has 2 fully saturated rings. The molecule has 0 radical (unpaired) electrons. The lowest BCUT2D eigenvalue weighted by molar-refractivity contribution is 0.0310. The van der Waals surface area contributed by atoms with Crippen LogP contribution in [-0.2, 0) is 15.0 Å². The topological polar surface area (TPSA) is 81.8 Å². The monoisotopic (exact) mass is 458 g/mol. The second-order valence-electron chi connectivity index (χ2n) is 9.41. The Balaban J connectivity index is 0.000000618. The standard InChI is InChI=1S/C28H36.2CHNO/c1-2-21-27(22-13-6-14-23-27)28(24-15-7-3-8-16-24,25-17-9-4-10-18-25)26-19-11-5-12-20-26;2*2-1-3/h2-4,7-10,15-18,26H,1,5-6,11-14,19-23H2;2*2H.